The molecule has 2 fully saturated rings. The van der Waals surface area contributed by atoms with Crippen LogP contribution in [0.1, 0.15) is 51.4 Å². The molecule has 2 aliphatic rings. The van der Waals surface area contributed by atoms with E-state index in [0.29, 0.717) is 0 Å². The average Bonchev–Trinajstić information content (AvgIpc) is 2.59. The summed E-state index contributed by atoms with van der Waals surface area (Å²) in [6.07, 6.45) is 9.89. The second kappa shape index (κ2) is 5.46. The first-order valence-corrected chi connectivity index (χ1v) is 6.82. The molecule has 0 bridgehead atoms. The second-order valence-corrected chi connectivity index (χ2v) is 5.68. The van der Waals surface area contributed by atoms with Crippen LogP contribution in [0.2, 0.25) is 0 Å². The normalized spacial score (nSPS) is 28.9. The van der Waals surface area contributed by atoms with Gasteiger partial charge < -0.3 is 10.6 Å². The van der Waals surface area contributed by atoms with Gasteiger partial charge in [0.25, 0.3) is 0 Å². The molecule has 0 unspecified atom stereocenters. The third-order valence-corrected chi connectivity index (χ3v) is 4.40. The van der Waals surface area contributed by atoms with E-state index in [1.165, 1.54) is 38.5 Å². The molecule has 0 spiro atoms. The molecule has 94 valence electrons. The van der Waals surface area contributed by atoms with Gasteiger partial charge in [-0.3, -0.25) is 0 Å². The van der Waals surface area contributed by atoms with Crippen LogP contribution in [0.5, 0.6) is 0 Å². The Kier molecular flexibility index (Phi) is 4.20. The molecule has 2 N–H and O–H groups in total. The number of alkyl halides is 1. The minimum atomic E-state index is -0.513. The average molecular weight is 228 g/mol. The van der Waals surface area contributed by atoms with Crippen molar-refractivity contribution in [3.05, 3.63) is 0 Å². The van der Waals surface area contributed by atoms with Crippen LogP contribution in [0.15, 0.2) is 0 Å². The zero-order chi connectivity index (χ0) is 11.4. The molecule has 2 rings (SSSR count). The van der Waals surface area contributed by atoms with Gasteiger partial charge in [0.1, 0.15) is 6.67 Å². The highest BCUT2D eigenvalue weighted by atomic mass is 19.1. The molecule has 1 heterocycles. The van der Waals surface area contributed by atoms with E-state index in [1.807, 2.05) is 0 Å². The van der Waals surface area contributed by atoms with E-state index in [-0.39, 0.29) is 6.67 Å². The summed E-state index contributed by atoms with van der Waals surface area (Å²) in [5.74, 6) is 0. The number of rotatable bonds is 2. The van der Waals surface area contributed by atoms with E-state index in [4.69, 9.17) is 5.73 Å². The van der Waals surface area contributed by atoms with Crippen molar-refractivity contribution in [3.8, 4) is 0 Å². The van der Waals surface area contributed by atoms with Gasteiger partial charge in [0, 0.05) is 24.7 Å². The van der Waals surface area contributed by atoms with Crippen LogP contribution < -0.4 is 5.73 Å². The fourth-order valence-corrected chi connectivity index (χ4v) is 3.09. The minimum absolute atomic E-state index is 0.356. The van der Waals surface area contributed by atoms with Gasteiger partial charge in [-0.15, -0.1) is 0 Å². The molecule has 1 saturated heterocycles. The van der Waals surface area contributed by atoms with E-state index in [2.05, 4.69) is 4.90 Å². The van der Waals surface area contributed by atoms with Gasteiger partial charge in [-0.2, -0.15) is 0 Å². The lowest BCUT2D eigenvalue weighted by molar-refractivity contribution is 0.0953. The summed E-state index contributed by atoms with van der Waals surface area (Å²) in [6.45, 7) is 1.65. The fraction of sp³-hybridized carbons (Fsp3) is 1.00. The highest BCUT2D eigenvalue weighted by Crippen LogP contribution is 2.27. The van der Waals surface area contributed by atoms with Gasteiger partial charge >= 0.3 is 0 Å². The molecule has 0 radical (unpaired) electrons. The molecule has 1 aliphatic heterocycles. The molecule has 0 aromatic rings. The maximum atomic E-state index is 12.8. The van der Waals surface area contributed by atoms with E-state index < -0.39 is 5.54 Å². The fourth-order valence-electron chi connectivity index (χ4n) is 3.09. The summed E-state index contributed by atoms with van der Waals surface area (Å²) in [5.41, 5.74) is 5.47. The molecule has 0 aromatic carbocycles. The molecule has 2 nitrogen and oxygen atoms in total. The smallest absolute Gasteiger partial charge is 0.107 e. The number of likely N-dealkylation sites (tertiary alicyclic amines) is 1. The molecule has 16 heavy (non-hydrogen) atoms. The van der Waals surface area contributed by atoms with Gasteiger partial charge in [0.05, 0.1) is 0 Å². The van der Waals surface area contributed by atoms with Crippen molar-refractivity contribution in [2.45, 2.75) is 62.9 Å². The van der Waals surface area contributed by atoms with E-state index in [1.54, 1.807) is 0 Å². The second-order valence-electron chi connectivity index (χ2n) is 5.68. The van der Waals surface area contributed by atoms with Crippen LogP contribution in [0, 0.1) is 0 Å². The monoisotopic (exact) mass is 228 g/mol. The Balaban J connectivity index is 1.83. The van der Waals surface area contributed by atoms with Crippen molar-refractivity contribution in [1.29, 1.82) is 0 Å². The van der Waals surface area contributed by atoms with Crippen molar-refractivity contribution in [2.24, 2.45) is 5.73 Å². The van der Waals surface area contributed by atoms with Gasteiger partial charge in [-0.05, 0) is 25.7 Å². The Bertz CT molecular complexity index is 204. The van der Waals surface area contributed by atoms with E-state index >= 15 is 0 Å². The molecular formula is C13H25FN2. The maximum Gasteiger partial charge on any atom is 0.107 e. The van der Waals surface area contributed by atoms with E-state index in [0.717, 1.165) is 32.0 Å². The molecule has 0 atom stereocenters. The van der Waals surface area contributed by atoms with Gasteiger partial charge in [0.15, 0.2) is 0 Å². The summed E-state index contributed by atoms with van der Waals surface area (Å²) < 4.78 is 12.8. The topological polar surface area (TPSA) is 29.3 Å². The van der Waals surface area contributed by atoms with Crippen LogP contribution in [0.3, 0.4) is 0 Å². The Hall–Kier alpha value is -0.150. The largest absolute Gasteiger partial charge is 0.323 e. The lowest BCUT2D eigenvalue weighted by Gasteiger charge is -2.41. The van der Waals surface area contributed by atoms with Crippen molar-refractivity contribution in [1.82, 2.24) is 4.90 Å². The predicted molar refractivity (Wildman–Crippen MR) is 65.2 cm³/mol. The number of nitrogens with zero attached hydrogens (tertiary/aromatic N) is 1. The maximum absolute atomic E-state index is 12.8. The third-order valence-electron chi connectivity index (χ3n) is 4.40. The van der Waals surface area contributed by atoms with Gasteiger partial charge in [0.2, 0.25) is 0 Å². The van der Waals surface area contributed by atoms with Crippen molar-refractivity contribution >= 4 is 0 Å². The Labute approximate surface area is 98.4 Å². The van der Waals surface area contributed by atoms with Crippen LogP contribution >= 0.6 is 0 Å². The lowest BCUT2D eigenvalue weighted by Crippen LogP contribution is -2.54. The molecule has 3 heteroatoms. The van der Waals surface area contributed by atoms with Crippen molar-refractivity contribution in [2.75, 3.05) is 19.8 Å². The van der Waals surface area contributed by atoms with Gasteiger partial charge in [-0.1, -0.05) is 25.7 Å². The quantitative estimate of drug-likeness (QED) is 0.736. The van der Waals surface area contributed by atoms with Gasteiger partial charge in [-0.25, -0.2) is 4.39 Å². The van der Waals surface area contributed by atoms with Crippen LogP contribution in [-0.4, -0.2) is 36.2 Å². The first kappa shape index (κ1) is 12.3. The summed E-state index contributed by atoms with van der Waals surface area (Å²) in [6, 6.07) is 0.756. The summed E-state index contributed by atoms with van der Waals surface area (Å²) >= 11 is 0. The Morgan fingerprint density at radius 1 is 1.06 bits per heavy atom. The SMILES string of the molecule is NC1(CF)CCN(C2CCCCCC2)CC1. The standard InChI is InChI=1S/C13H25FN2/c14-11-13(15)7-9-16(10-8-13)12-5-3-1-2-4-6-12/h12H,1-11,15H2. The third kappa shape index (κ3) is 2.95. The Morgan fingerprint density at radius 2 is 1.62 bits per heavy atom. The predicted octanol–water partition coefficient (Wildman–Crippen LogP) is 2.47. The minimum Gasteiger partial charge on any atom is -0.323 e. The van der Waals surface area contributed by atoms with E-state index in [9.17, 15) is 4.39 Å². The number of halogens is 1. The molecule has 1 saturated carbocycles. The number of nitrogens with two attached hydrogens (primary N) is 1. The molecule has 0 amide bonds. The highest BCUT2D eigenvalue weighted by Gasteiger charge is 2.33. The lowest BCUT2D eigenvalue weighted by atomic mass is 9.88. The first-order valence-electron chi connectivity index (χ1n) is 6.82. The van der Waals surface area contributed by atoms with Crippen LogP contribution in [0.25, 0.3) is 0 Å². The van der Waals surface area contributed by atoms with Crippen LogP contribution in [-0.2, 0) is 0 Å². The molecular weight excluding hydrogens is 203 g/mol. The summed E-state index contributed by atoms with van der Waals surface area (Å²) in [4.78, 5) is 2.56. The van der Waals surface area contributed by atoms with Crippen LogP contribution in [0.4, 0.5) is 4.39 Å². The number of piperidine rings is 1. The highest BCUT2D eigenvalue weighted by molar-refractivity contribution is 4.91. The zero-order valence-electron chi connectivity index (χ0n) is 10.3. The Morgan fingerprint density at radius 3 is 2.12 bits per heavy atom. The summed E-state index contributed by atoms with van der Waals surface area (Å²) in [7, 11) is 0. The first-order chi connectivity index (χ1) is 7.73. The number of hydrogen-bond donors (Lipinski definition) is 1. The number of hydrogen-bond acceptors (Lipinski definition) is 2. The zero-order valence-corrected chi connectivity index (χ0v) is 10.3. The summed E-state index contributed by atoms with van der Waals surface area (Å²) in [5, 5.41) is 0. The van der Waals surface area contributed by atoms with Crippen molar-refractivity contribution in [3.63, 3.8) is 0 Å². The van der Waals surface area contributed by atoms with Crippen molar-refractivity contribution < 1.29 is 4.39 Å². The molecule has 1 aliphatic carbocycles. The molecule has 0 aromatic heterocycles.